The van der Waals surface area contributed by atoms with Gasteiger partial charge in [0, 0.05) is 30.2 Å². The monoisotopic (exact) mass is 442 g/mol. The van der Waals surface area contributed by atoms with Gasteiger partial charge in [-0.15, -0.1) is 10.2 Å². The SMILES string of the molecule is Cc1nnn(Cc2cc(Cl)ccc2C=CC(=O)N2CC[C@H](NC(=O)C(F)(F)F)C2)n1. The maximum absolute atomic E-state index is 12.4. The Balaban J connectivity index is 1.64. The fraction of sp³-hybridized carbons (Fsp3) is 0.389. The van der Waals surface area contributed by atoms with Crippen LogP contribution < -0.4 is 5.32 Å². The van der Waals surface area contributed by atoms with Crippen molar-refractivity contribution in [3.63, 3.8) is 0 Å². The van der Waals surface area contributed by atoms with Crippen LogP contribution in [0.15, 0.2) is 24.3 Å². The molecule has 0 aliphatic carbocycles. The van der Waals surface area contributed by atoms with E-state index in [1.807, 2.05) is 5.32 Å². The summed E-state index contributed by atoms with van der Waals surface area (Å²) in [5.74, 6) is -1.85. The maximum Gasteiger partial charge on any atom is 0.471 e. The summed E-state index contributed by atoms with van der Waals surface area (Å²) in [7, 11) is 0. The molecule has 1 N–H and O–H groups in total. The van der Waals surface area contributed by atoms with E-state index in [2.05, 4.69) is 15.4 Å². The molecule has 160 valence electrons. The molecule has 2 amide bonds. The van der Waals surface area contributed by atoms with E-state index >= 15 is 0 Å². The van der Waals surface area contributed by atoms with Crippen LogP contribution in [0.4, 0.5) is 13.2 Å². The first-order valence-electron chi connectivity index (χ1n) is 8.99. The molecular weight excluding hydrogens is 425 g/mol. The predicted octanol–water partition coefficient (Wildman–Crippen LogP) is 1.98. The molecule has 1 aliphatic heterocycles. The molecule has 0 saturated carbocycles. The average Bonchev–Trinajstić information content (AvgIpc) is 3.29. The Morgan fingerprint density at radius 2 is 2.13 bits per heavy atom. The van der Waals surface area contributed by atoms with Gasteiger partial charge in [-0.05, 0) is 47.9 Å². The van der Waals surface area contributed by atoms with Crippen molar-refractivity contribution in [1.82, 2.24) is 30.4 Å². The summed E-state index contributed by atoms with van der Waals surface area (Å²) in [6.07, 6.45) is -1.76. The molecule has 1 saturated heterocycles. The number of aromatic nitrogens is 4. The van der Waals surface area contributed by atoms with Gasteiger partial charge >= 0.3 is 12.1 Å². The molecule has 12 heteroatoms. The van der Waals surface area contributed by atoms with Crippen LogP contribution in [0.2, 0.25) is 5.02 Å². The van der Waals surface area contributed by atoms with Gasteiger partial charge in [-0.2, -0.15) is 18.0 Å². The third kappa shape index (κ3) is 5.56. The first kappa shape index (κ1) is 21.8. The van der Waals surface area contributed by atoms with Crippen LogP contribution in [0.25, 0.3) is 6.08 Å². The number of benzene rings is 1. The summed E-state index contributed by atoms with van der Waals surface area (Å²) >= 11 is 6.06. The van der Waals surface area contributed by atoms with Gasteiger partial charge in [0.1, 0.15) is 0 Å². The van der Waals surface area contributed by atoms with E-state index < -0.39 is 18.1 Å². The lowest BCUT2D eigenvalue weighted by atomic mass is 10.1. The van der Waals surface area contributed by atoms with Crippen molar-refractivity contribution in [2.24, 2.45) is 0 Å². The zero-order chi connectivity index (χ0) is 21.9. The highest BCUT2D eigenvalue weighted by Gasteiger charge is 2.40. The molecule has 1 aromatic heterocycles. The minimum Gasteiger partial charge on any atom is -0.344 e. The standard InChI is InChI=1S/C18H18ClF3N6O2/c1-11-24-26-28(25-11)9-13-8-14(19)4-2-12(13)3-5-16(29)27-7-6-15(10-27)23-17(30)18(20,21)22/h2-5,8,15H,6-7,9-10H2,1H3,(H,23,30)/t15-/m0/s1. The number of halogens is 4. The Morgan fingerprint density at radius 3 is 2.80 bits per heavy atom. The first-order valence-corrected chi connectivity index (χ1v) is 9.37. The van der Waals surface area contributed by atoms with E-state index in [0.717, 1.165) is 5.56 Å². The van der Waals surface area contributed by atoms with E-state index in [4.69, 9.17) is 11.6 Å². The van der Waals surface area contributed by atoms with Crippen molar-refractivity contribution >= 4 is 29.5 Å². The van der Waals surface area contributed by atoms with Crippen molar-refractivity contribution in [1.29, 1.82) is 0 Å². The maximum atomic E-state index is 12.4. The Kier molecular flexibility index (Phi) is 6.40. The van der Waals surface area contributed by atoms with Gasteiger partial charge in [-0.1, -0.05) is 17.7 Å². The van der Waals surface area contributed by atoms with Crippen LogP contribution in [0, 0.1) is 6.92 Å². The van der Waals surface area contributed by atoms with Crippen LogP contribution in [0.3, 0.4) is 0 Å². The van der Waals surface area contributed by atoms with E-state index in [1.165, 1.54) is 15.8 Å². The highest BCUT2D eigenvalue weighted by atomic mass is 35.5. The van der Waals surface area contributed by atoms with Gasteiger partial charge in [-0.25, -0.2) is 0 Å². The Bertz CT molecular complexity index is 975. The summed E-state index contributed by atoms with van der Waals surface area (Å²) < 4.78 is 37.1. The summed E-state index contributed by atoms with van der Waals surface area (Å²) in [4.78, 5) is 26.3. The third-order valence-electron chi connectivity index (χ3n) is 4.47. The largest absolute Gasteiger partial charge is 0.471 e. The second-order valence-corrected chi connectivity index (χ2v) is 7.22. The predicted molar refractivity (Wildman–Crippen MR) is 101 cm³/mol. The third-order valence-corrected chi connectivity index (χ3v) is 4.70. The number of nitrogens with one attached hydrogen (secondary N) is 1. The van der Waals surface area contributed by atoms with E-state index in [9.17, 15) is 22.8 Å². The number of rotatable bonds is 5. The second kappa shape index (κ2) is 8.82. The number of hydrogen-bond donors (Lipinski definition) is 1. The molecule has 1 aliphatic rings. The zero-order valence-electron chi connectivity index (χ0n) is 15.9. The molecule has 8 nitrogen and oxygen atoms in total. The molecule has 3 rings (SSSR count). The van der Waals surface area contributed by atoms with Crippen molar-refractivity contribution < 1.29 is 22.8 Å². The number of hydrogen-bond acceptors (Lipinski definition) is 5. The summed E-state index contributed by atoms with van der Waals surface area (Å²) in [6.45, 7) is 2.27. The van der Waals surface area contributed by atoms with Crippen LogP contribution in [0.5, 0.6) is 0 Å². The molecule has 0 bridgehead atoms. The minimum absolute atomic E-state index is 0.0145. The van der Waals surface area contributed by atoms with Crippen molar-refractivity contribution in [3.8, 4) is 0 Å². The van der Waals surface area contributed by atoms with Crippen LogP contribution in [-0.2, 0) is 16.1 Å². The Labute approximate surface area is 174 Å². The lowest BCUT2D eigenvalue weighted by Gasteiger charge is -2.16. The number of amides is 2. The highest BCUT2D eigenvalue weighted by Crippen LogP contribution is 2.20. The van der Waals surface area contributed by atoms with Crippen molar-refractivity contribution in [3.05, 3.63) is 46.2 Å². The number of likely N-dealkylation sites (tertiary alicyclic amines) is 1. The number of carbonyl (C=O) groups is 2. The summed E-state index contributed by atoms with van der Waals surface area (Å²) in [5, 5.41) is 14.2. The normalized spacial score (nSPS) is 17.0. The van der Waals surface area contributed by atoms with Crippen LogP contribution in [-0.4, -0.2) is 62.2 Å². The number of tetrazole rings is 1. The molecule has 2 aromatic rings. The average molecular weight is 443 g/mol. The molecule has 30 heavy (non-hydrogen) atoms. The van der Waals surface area contributed by atoms with Gasteiger partial charge in [0.2, 0.25) is 5.91 Å². The van der Waals surface area contributed by atoms with Crippen LogP contribution in [0.1, 0.15) is 23.4 Å². The minimum atomic E-state index is -4.94. The Hall–Kier alpha value is -2.95. The topological polar surface area (TPSA) is 93.0 Å². The number of carbonyl (C=O) groups excluding carboxylic acids is 2. The van der Waals surface area contributed by atoms with Crippen molar-refractivity contribution in [2.45, 2.75) is 32.1 Å². The molecule has 1 atom stereocenters. The number of nitrogens with zero attached hydrogens (tertiary/aromatic N) is 5. The molecule has 1 fully saturated rings. The van der Waals surface area contributed by atoms with E-state index in [1.54, 1.807) is 31.2 Å². The van der Waals surface area contributed by atoms with E-state index in [0.29, 0.717) is 23.0 Å². The van der Waals surface area contributed by atoms with Gasteiger partial charge in [0.05, 0.1) is 6.54 Å². The summed E-state index contributed by atoms with van der Waals surface area (Å²) in [6, 6.07) is 4.40. The fourth-order valence-corrected chi connectivity index (χ4v) is 3.22. The molecule has 0 radical (unpaired) electrons. The molecule has 2 heterocycles. The van der Waals surface area contributed by atoms with E-state index in [-0.39, 0.29) is 25.4 Å². The second-order valence-electron chi connectivity index (χ2n) is 6.78. The molecule has 1 aromatic carbocycles. The van der Waals surface area contributed by atoms with Gasteiger partial charge in [0.15, 0.2) is 5.82 Å². The lowest BCUT2D eigenvalue weighted by Crippen LogP contribution is -2.44. The quantitative estimate of drug-likeness (QED) is 0.715. The number of alkyl halides is 3. The highest BCUT2D eigenvalue weighted by molar-refractivity contribution is 6.30. The Morgan fingerprint density at radius 1 is 1.37 bits per heavy atom. The lowest BCUT2D eigenvalue weighted by molar-refractivity contribution is -0.174. The zero-order valence-corrected chi connectivity index (χ0v) is 16.6. The fourth-order valence-electron chi connectivity index (χ4n) is 3.03. The molecule has 0 spiro atoms. The van der Waals surface area contributed by atoms with Crippen molar-refractivity contribution in [2.75, 3.05) is 13.1 Å². The smallest absolute Gasteiger partial charge is 0.344 e. The van der Waals surface area contributed by atoms with Gasteiger partial charge < -0.3 is 10.2 Å². The number of aryl methyl sites for hydroxylation is 1. The molecule has 0 unspecified atom stereocenters. The first-order chi connectivity index (χ1) is 14.1. The summed E-state index contributed by atoms with van der Waals surface area (Å²) in [5.41, 5.74) is 1.48. The van der Waals surface area contributed by atoms with Gasteiger partial charge in [0.25, 0.3) is 0 Å². The molecular formula is C18H18ClF3N6O2. The van der Waals surface area contributed by atoms with Crippen LogP contribution >= 0.6 is 11.6 Å². The van der Waals surface area contributed by atoms with Gasteiger partial charge in [-0.3, -0.25) is 9.59 Å².